The minimum absolute atomic E-state index is 0.0547. The molecule has 1 aromatic carbocycles. The zero-order chi connectivity index (χ0) is 14.8. The first-order valence-electron chi connectivity index (χ1n) is 6.83. The molecule has 0 unspecified atom stereocenters. The van der Waals surface area contributed by atoms with Crippen LogP contribution in [0.1, 0.15) is 43.0 Å². The second-order valence-corrected chi connectivity index (χ2v) is 4.35. The lowest BCUT2D eigenvalue weighted by Gasteiger charge is -2.06. The third kappa shape index (κ3) is 5.82. The maximum atomic E-state index is 13.3. The van der Waals surface area contributed by atoms with E-state index in [1.165, 1.54) is 12.1 Å². The van der Waals surface area contributed by atoms with Gasteiger partial charge in [0.25, 0.3) is 5.91 Å². The highest BCUT2D eigenvalue weighted by molar-refractivity contribution is 5.94. The maximum absolute atomic E-state index is 13.3. The summed E-state index contributed by atoms with van der Waals surface area (Å²) in [6.07, 6.45) is 2.69. The number of carbonyl (C=O) groups is 2. The predicted molar refractivity (Wildman–Crippen MR) is 73.8 cm³/mol. The van der Waals surface area contributed by atoms with Crippen molar-refractivity contribution in [1.82, 2.24) is 5.32 Å². The summed E-state index contributed by atoms with van der Waals surface area (Å²) in [4.78, 5) is 22.7. The third-order valence-electron chi connectivity index (χ3n) is 2.77. The Morgan fingerprint density at radius 2 is 1.95 bits per heavy atom. The number of halogens is 1. The number of hydrogen-bond acceptors (Lipinski definition) is 3. The van der Waals surface area contributed by atoms with E-state index in [0.717, 1.165) is 19.3 Å². The summed E-state index contributed by atoms with van der Waals surface area (Å²) in [5.74, 6) is -1.12. The van der Waals surface area contributed by atoms with Gasteiger partial charge in [-0.25, -0.2) is 4.39 Å². The molecule has 0 heterocycles. The number of ether oxygens (including phenoxy) is 1. The molecule has 0 radical (unpaired) electrons. The second kappa shape index (κ2) is 9.07. The monoisotopic (exact) mass is 281 g/mol. The lowest BCUT2D eigenvalue weighted by Crippen LogP contribution is -2.25. The minimum atomic E-state index is -0.521. The van der Waals surface area contributed by atoms with E-state index >= 15 is 0 Å². The summed E-state index contributed by atoms with van der Waals surface area (Å²) >= 11 is 0. The fourth-order valence-electron chi connectivity index (χ4n) is 1.75. The molecule has 1 amide bonds. The molecule has 110 valence electrons. The molecule has 1 aromatic rings. The molecule has 0 saturated carbocycles. The van der Waals surface area contributed by atoms with Gasteiger partial charge in [0.1, 0.15) is 5.82 Å². The Bertz CT molecular complexity index is 448. The topological polar surface area (TPSA) is 55.4 Å². The van der Waals surface area contributed by atoms with Crippen molar-refractivity contribution < 1.29 is 18.7 Å². The van der Waals surface area contributed by atoms with E-state index in [2.05, 4.69) is 5.32 Å². The number of amides is 1. The zero-order valence-corrected chi connectivity index (χ0v) is 11.7. The average molecular weight is 281 g/mol. The summed E-state index contributed by atoms with van der Waals surface area (Å²) in [5.41, 5.74) is 0.0547. The van der Waals surface area contributed by atoms with Gasteiger partial charge in [0, 0.05) is 13.0 Å². The number of carbonyl (C=O) groups excluding carboxylic acids is 2. The maximum Gasteiger partial charge on any atom is 0.305 e. The normalized spacial score (nSPS) is 10.1. The van der Waals surface area contributed by atoms with E-state index in [1.807, 2.05) is 0 Å². The van der Waals surface area contributed by atoms with Crippen molar-refractivity contribution in [2.24, 2.45) is 0 Å². The standard InChI is InChI=1S/C15H20FNO3/c1-2-20-14(18)10-4-3-7-11-17-15(19)12-8-5-6-9-13(12)16/h5-6,8-9H,2-4,7,10-11H2,1H3,(H,17,19). The molecule has 1 N–H and O–H groups in total. The Hall–Kier alpha value is -1.91. The van der Waals surface area contributed by atoms with Crippen molar-refractivity contribution in [3.05, 3.63) is 35.6 Å². The van der Waals surface area contributed by atoms with Gasteiger partial charge in [0.05, 0.1) is 12.2 Å². The molecule has 0 aliphatic carbocycles. The summed E-state index contributed by atoms with van der Waals surface area (Å²) in [7, 11) is 0. The molecule has 0 aliphatic heterocycles. The fraction of sp³-hybridized carbons (Fsp3) is 0.467. The SMILES string of the molecule is CCOC(=O)CCCCCNC(=O)c1ccccc1F. The molecule has 0 aromatic heterocycles. The Kier molecular flexibility index (Phi) is 7.32. The Morgan fingerprint density at radius 1 is 1.20 bits per heavy atom. The van der Waals surface area contributed by atoms with Gasteiger partial charge in [-0.1, -0.05) is 18.6 Å². The summed E-state index contributed by atoms with van der Waals surface area (Å²) in [6.45, 7) is 2.64. The number of benzene rings is 1. The largest absolute Gasteiger partial charge is 0.466 e. The van der Waals surface area contributed by atoms with Crippen LogP contribution in [0.25, 0.3) is 0 Å². The van der Waals surface area contributed by atoms with Gasteiger partial charge in [-0.05, 0) is 31.9 Å². The van der Waals surface area contributed by atoms with Crippen molar-refractivity contribution in [2.45, 2.75) is 32.6 Å². The van der Waals surface area contributed by atoms with Gasteiger partial charge < -0.3 is 10.1 Å². The lowest BCUT2D eigenvalue weighted by molar-refractivity contribution is -0.143. The van der Waals surface area contributed by atoms with Gasteiger partial charge >= 0.3 is 5.97 Å². The first-order valence-corrected chi connectivity index (χ1v) is 6.83. The molecule has 5 heteroatoms. The van der Waals surface area contributed by atoms with Crippen LogP contribution < -0.4 is 5.32 Å². The van der Waals surface area contributed by atoms with Crippen LogP contribution >= 0.6 is 0 Å². The van der Waals surface area contributed by atoms with Gasteiger partial charge in [0.15, 0.2) is 0 Å². The van der Waals surface area contributed by atoms with Crippen LogP contribution in [0.5, 0.6) is 0 Å². The van der Waals surface area contributed by atoms with E-state index < -0.39 is 11.7 Å². The quantitative estimate of drug-likeness (QED) is 0.589. The summed E-state index contributed by atoms with van der Waals surface area (Å²) < 4.78 is 18.1. The first-order chi connectivity index (χ1) is 9.65. The number of nitrogens with one attached hydrogen (secondary N) is 1. The van der Waals surface area contributed by atoms with Crippen molar-refractivity contribution in [2.75, 3.05) is 13.2 Å². The van der Waals surface area contributed by atoms with Crippen LogP contribution in [0, 0.1) is 5.82 Å². The van der Waals surface area contributed by atoms with Gasteiger partial charge in [-0.15, -0.1) is 0 Å². The van der Waals surface area contributed by atoms with Crippen molar-refractivity contribution in [3.8, 4) is 0 Å². The van der Waals surface area contributed by atoms with Crippen molar-refractivity contribution in [3.63, 3.8) is 0 Å². The molecule has 0 atom stereocenters. The predicted octanol–water partition coefficient (Wildman–Crippen LogP) is 2.68. The number of rotatable bonds is 8. The van der Waals surface area contributed by atoms with E-state index in [0.29, 0.717) is 19.6 Å². The summed E-state index contributed by atoms with van der Waals surface area (Å²) in [5, 5.41) is 2.66. The Labute approximate surface area is 118 Å². The third-order valence-corrected chi connectivity index (χ3v) is 2.77. The minimum Gasteiger partial charge on any atom is -0.466 e. The molecule has 1 rings (SSSR count). The molecular weight excluding hydrogens is 261 g/mol. The number of unbranched alkanes of at least 4 members (excludes halogenated alkanes) is 2. The highest BCUT2D eigenvalue weighted by atomic mass is 19.1. The van der Waals surface area contributed by atoms with Crippen LogP contribution in [0.3, 0.4) is 0 Å². The molecule has 0 bridgehead atoms. The van der Waals surface area contributed by atoms with E-state index in [9.17, 15) is 14.0 Å². The van der Waals surface area contributed by atoms with Crippen LogP contribution in [0.4, 0.5) is 4.39 Å². The van der Waals surface area contributed by atoms with Crippen LogP contribution in [0.15, 0.2) is 24.3 Å². The number of hydrogen-bond donors (Lipinski definition) is 1. The Balaban J connectivity index is 2.14. The highest BCUT2D eigenvalue weighted by Crippen LogP contribution is 2.06. The summed E-state index contributed by atoms with van der Waals surface area (Å²) in [6, 6.07) is 5.87. The van der Waals surface area contributed by atoms with Crippen LogP contribution in [-0.2, 0) is 9.53 Å². The van der Waals surface area contributed by atoms with Crippen LogP contribution in [0.2, 0.25) is 0 Å². The van der Waals surface area contributed by atoms with Crippen molar-refractivity contribution in [1.29, 1.82) is 0 Å². The van der Waals surface area contributed by atoms with Crippen LogP contribution in [-0.4, -0.2) is 25.0 Å². The molecular formula is C15H20FNO3. The van der Waals surface area contributed by atoms with Gasteiger partial charge in [-0.2, -0.15) is 0 Å². The van der Waals surface area contributed by atoms with E-state index in [4.69, 9.17) is 4.74 Å². The molecule has 0 fully saturated rings. The molecule has 0 spiro atoms. The average Bonchev–Trinajstić information content (AvgIpc) is 2.43. The van der Waals surface area contributed by atoms with Crippen molar-refractivity contribution >= 4 is 11.9 Å². The van der Waals surface area contributed by atoms with E-state index in [1.54, 1.807) is 19.1 Å². The first kappa shape index (κ1) is 16.1. The fourth-order valence-corrected chi connectivity index (χ4v) is 1.75. The molecule has 0 saturated heterocycles. The van der Waals surface area contributed by atoms with Gasteiger partial charge in [0.2, 0.25) is 0 Å². The zero-order valence-electron chi connectivity index (χ0n) is 11.7. The highest BCUT2D eigenvalue weighted by Gasteiger charge is 2.09. The number of esters is 1. The molecule has 20 heavy (non-hydrogen) atoms. The van der Waals surface area contributed by atoms with Gasteiger partial charge in [-0.3, -0.25) is 9.59 Å². The second-order valence-electron chi connectivity index (χ2n) is 4.35. The molecule has 4 nitrogen and oxygen atoms in total. The van der Waals surface area contributed by atoms with E-state index in [-0.39, 0.29) is 11.5 Å². The lowest BCUT2D eigenvalue weighted by atomic mass is 10.1. The Morgan fingerprint density at radius 3 is 2.65 bits per heavy atom. The smallest absolute Gasteiger partial charge is 0.305 e. The molecule has 0 aliphatic rings.